The first-order chi connectivity index (χ1) is 12.2. The largest absolute Gasteiger partial charge is 0.205 e. The highest BCUT2D eigenvalue weighted by atomic mass is 35.5. The second-order valence-corrected chi connectivity index (χ2v) is 12.4. The molecule has 1 saturated heterocycles. The lowest BCUT2D eigenvalue weighted by atomic mass is 9.72. The first kappa shape index (κ1) is 19.4. The zero-order chi connectivity index (χ0) is 17.6. The van der Waals surface area contributed by atoms with E-state index in [9.17, 15) is 4.39 Å². The van der Waals surface area contributed by atoms with Gasteiger partial charge in [-0.25, -0.2) is 4.39 Å². The summed E-state index contributed by atoms with van der Waals surface area (Å²) < 4.78 is 13.7. The maximum Gasteiger partial charge on any atom is 0.142 e. The third-order valence-corrected chi connectivity index (χ3v) is 10.8. The van der Waals surface area contributed by atoms with Gasteiger partial charge in [0, 0.05) is 8.80 Å². The highest BCUT2D eigenvalue weighted by Crippen LogP contribution is 2.43. The molecule has 1 aromatic rings. The van der Waals surface area contributed by atoms with Gasteiger partial charge in [-0.1, -0.05) is 74.8 Å². The topological polar surface area (TPSA) is 0 Å². The van der Waals surface area contributed by atoms with Gasteiger partial charge in [0.25, 0.3) is 0 Å². The molecule has 0 nitrogen and oxygen atoms in total. The minimum atomic E-state index is -0.377. The molecule has 3 heteroatoms. The smallest absolute Gasteiger partial charge is 0.142 e. The summed E-state index contributed by atoms with van der Waals surface area (Å²) in [5.74, 6) is 2.23. The van der Waals surface area contributed by atoms with Crippen LogP contribution in [0.15, 0.2) is 18.2 Å². The summed E-state index contributed by atoms with van der Waals surface area (Å²) >= 11 is 5.82. The second kappa shape index (κ2) is 9.55. The van der Waals surface area contributed by atoms with Gasteiger partial charge in [-0.2, -0.15) is 0 Å². The van der Waals surface area contributed by atoms with Gasteiger partial charge < -0.3 is 0 Å². The number of hydrogen-bond acceptors (Lipinski definition) is 0. The molecule has 1 aliphatic heterocycles. The Morgan fingerprint density at radius 1 is 1.00 bits per heavy atom. The van der Waals surface area contributed by atoms with Crippen LogP contribution in [0, 0.1) is 17.7 Å². The van der Waals surface area contributed by atoms with Gasteiger partial charge in [0.1, 0.15) is 5.82 Å². The summed E-state index contributed by atoms with van der Waals surface area (Å²) in [7, 11) is -0.377. The summed E-state index contributed by atoms with van der Waals surface area (Å²) in [6.07, 6.45) is 12.5. The van der Waals surface area contributed by atoms with Crippen LogP contribution < -0.4 is 0 Å². The van der Waals surface area contributed by atoms with Crippen LogP contribution in [0.3, 0.4) is 0 Å². The van der Waals surface area contributed by atoms with Crippen LogP contribution >= 0.6 is 11.6 Å². The van der Waals surface area contributed by atoms with E-state index in [4.69, 9.17) is 11.6 Å². The molecular weight excluding hydrogens is 347 g/mol. The van der Waals surface area contributed by atoms with Gasteiger partial charge in [-0.3, -0.25) is 0 Å². The van der Waals surface area contributed by atoms with Gasteiger partial charge in [-0.05, 0) is 61.1 Å². The van der Waals surface area contributed by atoms with Crippen molar-refractivity contribution in [3.8, 4) is 0 Å². The van der Waals surface area contributed by atoms with Crippen LogP contribution in [-0.2, 0) is 0 Å². The standard InChI is InChI=1S/C22H34ClFSi/c1-2-3-4-13-25-14-11-19(12-15-25)17-5-7-18(8-6-17)20-9-10-21(23)22(24)16-20/h9-10,16-19,25H,2-8,11-15H2,1H3/t17-,18-,19-,25-. The van der Waals surface area contributed by atoms with Crippen LogP contribution in [-0.4, -0.2) is 8.80 Å². The molecule has 3 rings (SSSR count). The maximum absolute atomic E-state index is 13.7. The molecule has 0 atom stereocenters. The predicted octanol–water partition coefficient (Wildman–Crippen LogP) is 7.58. The Morgan fingerprint density at radius 2 is 1.68 bits per heavy atom. The average molecular weight is 381 g/mol. The number of hydrogen-bond donors (Lipinski definition) is 0. The molecule has 1 aliphatic carbocycles. The zero-order valence-corrected chi connectivity index (χ0v) is 17.7. The van der Waals surface area contributed by atoms with Crippen molar-refractivity contribution >= 4 is 20.4 Å². The van der Waals surface area contributed by atoms with E-state index in [0.29, 0.717) is 5.92 Å². The van der Waals surface area contributed by atoms with Crippen molar-refractivity contribution < 1.29 is 4.39 Å². The SMILES string of the molecule is CCCCC[Si@H]1CC[C@H]([C@H]2CC[C@H](c3ccc(Cl)c(F)c3)CC2)CC1. The van der Waals surface area contributed by atoms with E-state index in [1.54, 1.807) is 30.3 Å². The van der Waals surface area contributed by atoms with Gasteiger partial charge >= 0.3 is 0 Å². The van der Waals surface area contributed by atoms with Crippen LogP contribution in [0.4, 0.5) is 4.39 Å². The normalized spacial score (nSPS) is 30.4. The Morgan fingerprint density at radius 3 is 2.32 bits per heavy atom. The van der Waals surface area contributed by atoms with Crippen molar-refractivity contribution in [3.63, 3.8) is 0 Å². The zero-order valence-electron chi connectivity index (χ0n) is 15.8. The minimum Gasteiger partial charge on any atom is -0.205 e. The van der Waals surface area contributed by atoms with Crippen molar-refractivity contribution in [1.29, 1.82) is 0 Å². The Kier molecular flexibility index (Phi) is 7.42. The minimum absolute atomic E-state index is 0.247. The highest BCUT2D eigenvalue weighted by molar-refractivity contribution is 6.58. The predicted molar refractivity (Wildman–Crippen MR) is 110 cm³/mol. The molecule has 140 valence electrons. The summed E-state index contributed by atoms with van der Waals surface area (Å²) in [6, 6.07) is 10.2. The van der Waals surface area contributed by atoms with Gasteiger partial charge in [0.05, 0.1) is 5.02 Å². The van der Waals surface area contributed by atoms with E-state index in [0.717, 1.165) is 17.4 Å². The number of benzene rings is 1. The summed E-state index contributed by atoms with van der Waals surface area (Å²) in [6.45, 7) is 2.31. The molecule has 2 aliphatic rings. The Labute approximate surface area is 160 Å². The Hall–Kier alpha value is -0.343. The van der Waals surface area contributed by atoms with Crippen LogP contribution in [0.5, 0.6) is 0 Å². The van der Waals surface area contributed by atoms with E-state index < -0.39 is 0 Å². The van der Waals surface area contributed by atoms with Gasteiger partial charge in [0.15, 0.2) is 0 Å². The molecule has 1 saturated carbocycles. The molecule has 0 bridgehead atoms. The van der Waals surface area contributed by atoms with Gasteiger partial charge in [-0.15, -0.1) is 0 Å². The molecule has 0 radical (unpaired) electrons. The second-order valence-electron chi connectivity index (χ2n) is 8.56. The van der Waals surface area contributed by atoms with Crippen molar-refractivity contribution in [3.05, 3.63) is 34.6 Å². The molecule has 1 heterocycles. The molecular formula is C22H34ClFSi. The fraction of sp³-hybridized carbons (Fsp3) is 0.727. The molecule has 0 aromatic heterocycles. The average Bonchev–Trinajstić information content (AvgIpc) is 2.65. The first-order valence-corrected chi connectivity index (χ1v) is 13.4. The van der Waals surface area contributed by atoms with Crippen LogP contribution in [0.25, 0.3) is 0 Å². The summed E-state index contributed by atoms with van der Waals surface area (Å²) in [5.41, 5.74) is 1.16. The number of unbranched alkanes of at least 4 members (excludes halogenated alkanes) is 2. The van der Waals surface area contributed by atoms with E-state index in [2.05, 4.69) is 6.92 Å². The quantitative estimate of drug-likeness (QED) is 0.352. The highest BCUT2D eigenvalue weighted by Gasteiger charge is 2.31. The van der Waals surface area contributed by atoms with Crippen molar-refractivity contribution in [2.24, 2.45) is 11.8 Å². The lowest BCUT2D eigenvalue weighted by Gasteiger charge is -2.37. The third kappa shape index (κ3) is 5.32. The van der Waals surface area contributed by atoms with E-state index in [-0.39, 0.29) is 19.6 Å². The summed E-state index contributed by atoms with van der Waals surface area (Å²) in [4.78, 5) is 0. The fourth-order valence-electron chi connectivity index (χ4n) is 5.32. The lowest BCUT2D eigenvalue weighted by molar-refractivity contribution is 0.216. The molecule has 1 aromatic carbocycles. The number of halogens is 2. The van der Waals surface area contributed by atoms with Crippen molar-refractivity contribution in [1.82, 2.24) is 0 Å². The molecule has 0 spiro atoms. The van der Waals surface area contributed by atoms with E-state index in [1.165, 1.54) is 57.8 Å². The maximum atomic E-state index is 13.7. The van der Waals surface area contributed by atoms with Crippen molar-refractivity contribution in [2.45, 2.75) is 88.8 Å². The third-order valence-electron chi connectivity index (χ3n) is 6.96. The van der Waals surface area contributed by atoms with Crippen molar-refractivity contribution in [2.75, 3.05) is 0 Å². The van der Waals surface area contributed by atoms with Crippen LogP contribution in [0.1, 0.15) is 76.2 Å². The number of rotatable bonds is 6. The monoisotopic (exact) mass is 380 g/mol. The Bertz CT molecular complexity index is 531. The molecule has 0 unspecified atom stereocenters. The van der Waals surface area contributed by atoms with E-state index in [1.807, 2.05) is 6.07 Å². The first-order valence-electron chi connectivity index (χ1n) is 10.6. The molecule has 0 N–H and O–H groups in total. The van der Waals surface area contributed by atoms with Crippen LogP contribution in [0.2, 0.25) is 23.2 Å². The Balaban J connectivity index is 1.43. The van der Waals surface area contributed by atoms with Gasteiger partial charge in [0.2, 0.25) is 0 Å². The fourth-order valence-corrected chi connectivity index (χ4v) is 8.97. The van der Waals surface area contributed by atoms with E-state index >= 15 is 0 Å². The molecule has 2 fully saturated rings. The lowest BCUT2D eigenvalue weighted by Crippen LogP contribution is -2.28. The molecule has 25 heavy (non-hydrogen) atoms. The molecule has 0 amide bonds. The summed E-state index contributed by atoms with van der Waals surface area (Å²) in [5, 5.41) is 0.247.